The van der Waals surface area contributed by atoms with E-state index in [9.17, 15) is 19.8 Å². The first-order valence-electron chi connectivity index (χ1n) is 3.58. The summed E-state index contributed by atoms with van der Waals surface area (Å²) in [5.41, 5.74) is 0.600. The fourth-order valence-corrected chi connectivity index (χ4v) is 0.683. The minimum absolute atomic E-state index is 0.105. The molecule has 12 heavy (non-hydrogen) atoms. The van der Waals surface area contributed by atoms with Gasteiger partial charge in [-0.05, 0) is 25.7 Å². The van der Waals surface area contributed by atoms with Crippen LogP contribution in [0.4, 0.5) is 0 Å². The molecule has 4 heteroatoms. The Morgan fingerprint density at radius 3 is 1.50 bits per heavy atom. The maximum absolute atomic E-state index is 9.96. The van der Waals surface area contributed by atoms with Crippen LogP contribution in [0.1, 0.15) is 25.7 Å². The van der Waals surface area contributed by atoms with Gasteiger partial charge in [-0.3, -0.25) is 0 Å². The molecule has 68 valence electrons. The predicted octanol–water partition coefficient (Wildman–Crippen LogP) is -1.40. The van der Waals surface area contributed by atoms with E-state index in [4.69, 9.17) is 0 Å². The average Bonchev–Trinajstić information content (AvgIpc) is 1.96. The zero-order valence-corrected chi connectivity index (χ0v) is 6.67. The molecule has 0 saturated carbocycles. The lowest BCUT2D eigenvalue weighted by Crippen LogP contribution is -2.22. The van der Waals surface area contributed by atoms with Crippen LogP contribution in [0.3, 0.4) is 0 Å². The Balaban J connectivity index is 3.47. The summed E-state index contributed by atoms with van der Waals surface area (Å²) in [5.74, 6) is -2.30. The van der Waals surface area contributed by atoms with Crippen LogP contribution in [0.15, 0.2) is 12.2 Å². The normalized spacial score (nSPS) is 9.33. The number of carbonyl (C=O) groups is 2. The molecule has 0 spiro atoms. The fourth-order valence-electron chi connectivity index (χ4n) is 0.683. The predicted molar refractivity (Wildman–Crippen MR) is 37.6 cm³/mol. The SMILES string of the molecule is C=C(CCC(=O)[O-])CCC(=O)[O-]. The highest BCUT2D eigenvalue weighted by atomic mass is 16.4. The molecule has 0 unspecified atom stereocenters. The van der Waals surface area contributed by atoms with Crippen molar-refractivity contribution in [1.82, 2.24) is 0 Å². The number of hydrogen-bond acceptors (Lipinski definition) is 4. The molecule has 0 radical (unpaired) electrons. The van der Waals surface area contributed by atoms with Gasteiger partial charge in [-0.2, -0.15) is 0 Å². The first-order valence-corrected chi connectivity index (χ1v) is 3.58. The number of carbonyl (C=O) groups excluding carboxylic acids is 2. The Morgan fingerprint density at radius 2 is 1.25 bits per heavy atom. The van der Waals surface area contributed by atoms with Crippen LogP contribution in [0, 0.1) is 0 Å². The van der Waals surface area contributed by atoms with E-state index in [0.29, 0.717) is 5.57 Å². The van der Waals surface area contributed by atoms with Gasteiger partial charge in [-0.1, -0.05) is 12.2 Å². The number of allylic oxidation sites excluding steroid dienone is 1. The Morgan fingerprint density at radius 1 is 0.917 bits per heavy atom. The van der Waals surface area contributed by atoms with E-state index in [-0.39, 0.29) is 25.7 Å². The molecule has 0 aliphatic heterocycles. The van der Waals surface area contributed by atoms with Crippen LogP contribution in [0.5, 0.6) is 0 Å². The zero-order valence-electron chi connectivity index (χ0n) is 6.67. The summed E-state index contributed by atoms with van der Waals surface area (Å²) >= 11 is 0. The standard InChI is InChI=1S/C8H12O4/c1-6(2-4-7(9)10)3-5-8(11)12/h1-5H2,(H,9,10)(H,11,12)/p-2. The van der Waals surface area contributed by atoms with E-state index in [1.165, 1.54) is 0 Å². The zero-order chi connectivity index (χ0) is 9.56. The van der Waals surface area contributed by atoms with Crippen LogP contribution in [-0.4, -0.2) is 11.9 Å². The molecule has 0 rings (SSSR count). The van der Waals surface area contributed by atoms with Gasteiger partial charge in [-0.15, -0.1) is 0 Å². The van der Waals surface area contributed by atoms with E-state index in [0.717, 1.165) is 0 Å². The third-order valence-electron chi connectivity index (χ3n) is 1.37. The van der Waals surface area contributed by atoms with Crippen LogP contribution < -0.4 is 10.2 Å². The smallest absolute Gasteiger partial charge is 0.0417 e. The van der Waals surface area contributed by atoms with Gasteiger partial charge in [-0.25, -0.2) is 0 Å². The van der Waals surface area contributed by atoms with Crippen LogP contribution >= 0.6 is 0 Å². The monoisotopic (exact) mass is 170 g/mol. The maximum atomic E-state index is 9.96. The Bertz CT molecular complexity index is 175. The first kappa shape index (κ1) is 10.7. The molecule has 0 N–H and O–H groups in total. The second-order valence-corrected chi connectivity index (χ2v) is 2.49. The fraction of sp³-hybridized carbons (Fsp3) is 0.500. The second kappa shape index (κ2) is 5.35. The van der Waals surface area contributed by atoms with Gasteiger partial charge in [0.2, 0.25) is 0 Å². The number of hydrogen-bond donors (Lipinski definition) is 0. The first-order chi connectivity index (χ1) is 5.52. The molecule has 0 atom stereocenters. The van der Waals surface area contributed by atoms with Crippen molar-refractivity contribution >= 4 is 11.9 Å². The van der Waals surface area contributed by atoms with Crippen molar-refractivity contribution in [2.24, 2.45) is 0 Å². The van der Waals surface area contributed by atoms with E-state index < -0.39 is 11.9 Å². The summed E-state index contributed by atoms with van der Waals surface area (Å²) in [4.78, 5) is 19.9. The third-order valence-corrected chi connectivity index (χ3v) is 1.37. The molecule has 0 aromatic rings. The Hall–Kier alpha value is -1.32. The van der Waals surface area contributed by atoms with Gasteiger partial charge in [0.15, 0.2) is 0 Å². The lowest BCUT2D eigenvalue weighted by molar-refractivity contribution is -0.306. The second-order valence-electron chi connectivity index (χ2n) is 2.49. The molecule has 0 fully saturated rings. The summed E-state index contributed by atoms with van der Waals surface area (Å²) in [7, 11) is 0. The van der Waals surface area contributed by atoms with Crippen molar-refractivity contribution in [2.45, 2.75) is 25.7 Å². The summed E-state index contributed by atoms with van der Waals surface area (Å²) in [6.07, 6.45) is 0.336. The van der Waals surface area contributed by atoms with Crippen molar-refractivity contribution < 1.29 is 19.8 Å². The number of carboxylic acids is 2. The molecule has 0 heterocycles. The Labute approximate surface area is 70.5 Å². The molecule has 0 aromatic carbocycles. The summed E-state index contributed by atoms with van der Waals surface area (Å²) in [5, 5.41) is 19.9. The van der Waals surface area contributed by atoms with Gasteiger partial charge in [0.25, 0.3) is 0 Å². The van der Waals surface area contributed by atoms with E-state index in [2.05, 4.69) is 6.58 Å². The van der Waals surface area contributed by atoms with Gasteiger partial charge >= 0.3 is 0 Å². The van der Waals surface area contributed by atoms with Gasteiger partial charge in [0, 0.05) is 11.9 Å². The minimum atomic E-state index is -1.15. The summed E-state index contributed by atoms with van der Waals surface area (Å²) in [6.45, 7) is 3.52. The lowest BCUT2D eigenvalue weighted by atomic mass is 10.1. The summed E-state index contributed by atoms with van der Waals surface area (Å²) < 4.78 is 0. The molecular formula is C8H10O4-2. The molecule has 0 bridgehead atoms. The number of aliphatic carboxylic acids is 2. The molecular weight excluding hydrogens is 160 g/mol. The molecule has 0 aliphatic rings. The number of carboxylic acid groups (broad SMARTS) is 2. The van der Waals surface area contributed by atoms with Crippen molar-refractivity contribution in [3.8, 4) is 0 Å². The van der Waals surface area contributed by atoms with Crippen molar-refractivity contribution in [1.29, 1.82) is 0 Å². The van der Waals surface area contributed by atoms with Gasteiger partial charge < -0.3 is 19.8 Å². The van der Waals surface area contributed by atoms with Crippen LogP contribution in [0.25, 0.3) is 0 Å². The molecule has 0 aliphatic carbocycles. The highest BCUT2D eigenvalue weighted by molar-refractivity contribution is 5.65. The highest BCUT2D eigenvalue weighted by Gasteiger charge is 1.95. The van der Waals surface area contributed by atoms with E-state index >= 15 is 0 Å². The maximum Gasteiger partial charge on any atom is 0.0417 e. The van der Waals surface area contributed by atoms with E-state index in [1.807, 2.05) is 0 Å². The minimum Gasteiger partial charge on any atom is -0.550 e. The molecule has 0 saturated heterocycles. The number of rotatable bonds is 6. The summed E-state index contributed by atoms with van der Waals surface area (Å²) in [6, 6.07) is 0. The Kier molecular flexibility index (Phi) is 4.76. The highest BCUT2D eigenvalue weighted by Crippen LogP contribution is 2.08. The largest absolute Gasteiger partial charge is 0.550 e. The topological polar surface area (TPSA) is 80.3 Å². The van der Waals surface area contributed by atoms with Crippen LogP contribution in [-0.2, 0) is 9.59 Å². The van der Waals surface area contributed by atoms with Crippen molar-refractivity contribution in [2.75, 3.05) is 0 Å². The quantitative estimate of drug-likeness (QED) is 0.459. The van der Waals surface area contributed by atoms with Crippen molar-refractivity contribution in [3.05, 3.63) is 12.2 Å². The van der Waals surface area contributed by atoms with Crippen LogP contribution in [0.2, 0.25) is 0 Å². The third kappa shape index (κ3) is 6.80. The molecule has 0 aromatic heterocycles. The average molecular weight is 170 g/mol. The van der Waals surface area contributed by atoms with Gasteiger partial charge in [0.05, 0.1) is 0 Å². The van der Waals surface area contributed by atoms with Crippen molar-refractivity contribution in [3.63, 3.8) is 0 Å². The van der Waals surface area contributed by atoms with E-state index in [1.54, 1.807) is 0 Å². The molecule has 0 amide bonds. The van der Waals surface area contributed by atoms with Gasteiger partial charge in [0.1, 0.15) is 0 Å². The molecule has 4 nitrogen and oxygen atoms in total. The lowest BCUT2D eigenvalue weighted by Gasteiger charge is -2.06.